The van der Waals surface area contributed by atoms with Crippen molar-refractivity contribution in [1.82, 2.24) is 20.2 Å². The summed E-state index contributed by atoms with van der Waals surface area (Å²) in [5.74, 6) is 7.66. The summed E-state index contributed by atoms with van der Waals surface area (Å²) < 4.78 is 6.59. The Bertz CT molecular complexity index is 912. The smallest absolute Gasteiger partial charge is 0.230 e. The number of benzene rings is 2. The largest absolute Gasteiger partial charge is 0.497 e. The van der Waals surface area contributed by atoms with Crippen LogP contribution in [0.1, 0.15) is 29.9 Å². The van der Waals surface area contributed by atoms with Gasteiger partial charge in [0.05, 0.1) is 18.9 Å². The third-order valence-corrected chi connectivity index (χ3v) is 5.21. The molecule has 1 aromatic heterocycles. The Kier molecular flexibility index (Phi) is 6.54. The van der Waals surface area contributed by atoms with Crippen molar-refractivity contribution in [2.24, 2.45) is 0 Å². The van der Waals surface area contributed by atoms with E-state index < -0.39 is 0 Å². The average molecular weight is 398 g/mol. The number of methoxy groups -OCH3 is 1. The number of ether oxygens (including phenoxy) is 1. The highest BCUT2D eigenvalue weighted by Gasteiger charge is 2.14. The van der Waals surface area contributed by atoms with E-state index in [0.29, 0.717) is 17.4 Å². The Balaban J connectivity index is 1.54. The molecule has 0 aliphatic rings. The minimum atomic E-state index is -0.0824. The van der Waals surface area contributed by atoms with Gasteiger partial charge in [-0.15, -0.1) is 10.2 Å². The number of carbonyl (C=O) groups excluding carboxylic acids is 1. The van der Waals surface area contributed by atoms with E-state index in [4.69, 9.17) is 10.6 Å². The van der Waals surface area contributed by atoms with E-state index in [9.17, 15) is 4.79 Å². The van der Waals surface area contributed by atoms with Crippen LogP contribution in [0.5, 0.6) is 5.75 Å². The summed E-state index contributed by atoms with van der Waals surface area (Å²) >= 11 is 1.26. The van der Waals surface area contributed by atoms with Gasteiger partial charge in [-0.25, -0.2) is 4.68 Å². The van der Waals surface area contributed by atoms with Gasteiger partial charge in [-0.1, -0.05) is 54.2 Å². The zero-order valence-electron chi connectivity index (χ0n) is 15.8. The van der Waals surface area contributed by atoms with Crippen LogP contribution in [0.2, 0.25) is 0 Å². The van der Waals surface area contributed by atoms with Crippen LogP contribution in [0.25, 0.3) is 0 Å². The van der Waals surface area contributed by atoms with Crippen molar-refractivity contribution < 1.29 is 9.53 Å². The molecule has 0 aliphatic heterocycles. The molecule has 8 heteroatoms. The first-order valence-electron chi connectivity index (χ1n) is 8.86. The number of amides is 1. The van der Waals surface area contributed by atoms with Crippen molar-refractivity contribution in [3.8, 4) is 5.75 Å². The lowest BCUT2D eigenvalue weighted by Crippen LogP contribution is -2.28. The number of rotatable bonds is 8. The Hall–Kier alpha value is -3.00. The fourth-order valence-electron chi connectivity index (χ4n) is 2.69. The number of hydrogen-bond donors (Lipinski definition) is 2. The third-order valence-electron chi connectivity index (χ3n) is 4.27. The quantitative estimate of drug-likeness (QED) is 0.448. The van der Waals surface area contributed by atoms with Crippen LogP contribution in [0.3, 0.4) is 0 Å². The minimum absolute atomic E-state index is 0.0596. The van der Waals surface area contributed by atoms with Crippen molar-refractivity contribution in [2.75, 3.05) is 18.7 Å². The lowest BCUT2D eigenvalue weighted by Gasteiger charge is -2.13. The van der Waals surface area contributed by atoms with Crippen LogP contribution in [0.15, 0.2) is 59.8 Å². The molecule has 0 unspecified atom stereocenters. The van der Waals surface area contributed by atoms with E-state index >= 15 is 0 Å². The van der Waals surface area contributed by atoms with Gasteiger partial charge >= 0.3 is 0 Å². The minimum Gasteiger partial charge on any atom is -0.497 e. The van der Waals surface area contributed by atoms with Crippen LogP contribution in [-0.2, 0) is 11.2 Å². The van der Waals surface area contributed by atoms with Crippen LogP contribution >= 0.6 is 11.8 Å². The second kappa shape index (κ2) is 9.27. The van der Waals surface area contributed by atoms with Crippen LogP contribution in [-0.4, -0.2) is 33.6 Å². The number of nitrogen functional groups attached to an aromatic ring is 1. The highest BCUT2D eigenvalue weighted by molar-refractivity contribution is 7.99. The predicted octanol–water partition coefficient (Wildman–Crippen LogP) is 2.56. The van der Waals surface area contributed by atoms with E-state index in [1.165, 1.54) is 16.4 Å². The first kappa shape index (κ1) is 19.8. The molecular weight excluding hydrogens is 374 g/mol. The van der Waals surface area contributed by atoms with Gasteiger partial charge in [0, 0.05) is 6.42 Å². The molecular formula is C20H23N5O2S. The molecule has 0 bridgehead atoms. The van der Waals surface area contributed by atoms with E-state index in [0.717, 1.165) is 16.9 Å². The van der Waals surface area contributed by atoms with Crippen molar-refractivity contribution in [2.45, 2.75) is 24.5 Å². The van der Waals surface area contributed by atoms with Crippen LogP contribution in [0.4, 0.5) is 0 Å². The molecule has 146 valence electrons. The number of aromatic nitrogens is 3. The van der Waals surface area contributed by atoms with E-state index in [1.54, 1.807) is 7.11 Å². The van der Waals surface area contributed by atoms with Crippen LogP contribution in [0, 0.1) is 0 Å². The van der Waals surface area contributed by atoms with Gasteiger partial charge in [0.2, 0.25) is 11.1 Å². The number of thioether (sulfide) groups is 1. The van der Waals surface area contributed by atoms with Gasteiger partial charge in [-0.05, 0) is 30.2 Å². The molecule has 7 nitrogen and oxygen atoms in total. The van der Waals surface area contributed by atoms with E-state index in [1.807, 2.05) is 61.5 Å². The summed E-state index contributed by atoms with van der Waals surface area (Å²) in [6.45, 7) is 1.95. The summed E-state index contributed by atoms with van der Waals surface area (Å²) in [4.78, 5) is 12.2. The molecule has 1 heterocycles. The van der Waals surface area contributed by atoms with Crippen molar-refractivity contribution >= 4 is 17.7 Å². The summed E-state index contributed by atoms with van der Waals surface area (Å²) in [6, 6.07) is 17.5. The number of nitrogens with two attached hydrogens (primary N) is 1. The Labute approximate surface area is 168 Å². The number of hydrogen-bond acceptors (Lipinski definition) is 6. The first-order valence-corrected chi connectivity index (χ1v) is 9.84. The zero-order chi connectivity index (χ0) is 19.9. The normalized spacial score (nSPS) is 11.8. The molecule has 0 radical (unpaired) electrons. The fourth-order valence-corrected chi connectivity index (χ4v) is 3.38. The molecule has 2 aromatic carbocycles. The Morgan fingerprint density at radius 1 is 1.18 bits per heavy atom. The monoisotopic (exact) mass is 397 g/mol. The maximum atomic E-state index is 12.2. The molecule has 3 N–H and O–H groups in total. The molecule has 3 rings (SSSR count). The lowest BCUT2D eigenvalue weighted by atomic mass is 10.1. The zero-order valence-corrected chi connectivity index (χ0v) is 16.6. The maximum absolute atomic E-state index is 12.2. The highest BCUT2D eigenvalue weighted by Crippen LogP contribution is 2.18. The number of carbonyl (C=O) groups is 1. The number of nitrogens with one attached hydrogen (secondary N) is 1. The topological polar surface area (TPSA) is 95.1 Å². The lowest BCUT2D eigenvalue weighted by molar-refractivity contribution is -0.119. The van der Waals surface area contributed by atoms with E-state index in [-0.39, 0.29) is 17.7 Å². The molecule has 0 aliphatic carbocycles. The average Bonchev–Trinajstić information content (AvgIpc) is 3.07. The maximum Gasteiger partial charge on any atom is 0.230 e. The molecule has 0 saturated heterocycles. The van der Waals surface area contributed by atoms with Gasteiger partial charge in [-0.3, -0.25) is 4.79 Å². The third kappa shape index (κ3) is 5.04. The molecule has 28 heavy (non-hydrogen) atoms. The highest BCUT2D eigenvalue weighted by atomic mass is 32.2. The Morgan fingerprint density at radius 2 is 1.89 bits per heavy atom. The van der Waals surface area contributed by atoms with Gasteiger partial charge < -0.3 is 15.9 Å². The van der Waals surface area contributed by atoms with Crippen molar-refractivity contribution in [3.05, 3.63) is 71.5 Å². The van der Waals surface area contributed by atoms with Crippen molar-refractivity contribution in [1.29, 1.82) is 0 Å². The van der Waals surface area contributed by atoms with Gasteiger partial charge in [-0.2, -0.15) is 0 Å². The molecule has 0 fully saturated rings. The van der Waals surface area contributed by atoms with Crippen LogP contribution < -0.4 is 15.9 Å². The Morgan fingerprint density at radius 3 is 2.57 bits per heavy atom. The summed E-state index contributed by atoms with van der Waals surface area (Å²) in [5.41, 5.74) is 2.11. The second-order valence-corrected chi connectivity index (χ2v) is 7.22. The van der Waals surface area contributed by atoms with Gasteiger partial charge in [0.1, 0.15) is 5.75 Å². The second-order valence-electron chi connectivity index (χ2n) is 6.28. The molecule has 0 saturated carbocycles. The van der Waals surface area contributed by atoms with Gasteiger partial charge in [0.25, 0.3) is 0 Å². The molecule has 1 amide bonds. The van der Waals surface area contributed by atoms with Gasteiger partial charge in [0.15, 0.2) is 5.82 Å². The summed E-state index contributed by atoms with van der Waals surface area (Å²) in [7, 11) is 1.63. The summed E-state index contributed by atoms with van der Waals surface area (Å²) in [6.07, 6.45) is 0.547. The SMILES string of the molecule is COc1ccc(Cc2nnc(SCC(=O)N[C@H](C)c3ccccc3)n2N)cc1. The molecule has 3 aromatic rings. The van der Waals surface area contributed by atoms with E-state index in [2.05, 4.69) is 15.5 Å². The number of nitrogens with zero attached hydrogens (tertiary/aromatic N) is 3. The summed E-state index contributed by atoms with van der Waals surface area (Å²) in [5, 5.41) is 11.7. The fraction of sp³-hybridized carbons (Fsp3) is 0.250. The standard InChI is InChI=1S/C20H23N5O2S/c1-14(16-6-4-3-5-7-16)22-19(26)13-28-20-24-23-18(25(20)21)12-15-8-10-17(27-2)11-9-15/h3-11,14H,12-13,21H2,1-2H3,(H,22,26)/t14-/m1/s1. The first-order chi connectivity index (χ1) is 13.6. The predicted molar refractivity (Wildman–Crippen MR) is 110 cm³/mol. The molecule has 0 spiro atoms. The molecule has 1 atom stereocenters. The van der Waals surface area contributed by atoms with Crippen molar-refractivity contribution in [3.63, 3.8) is 0 Å².